The van der Waals surface area contributed by atoms with Crippen LogP contribution in [0.25, 0.3) is 0 Å². The summed E-state index contributed by atoms with van der Waals surface area (Å²) in [4.78, 5) is 16.5. The van der Waals surface area contributed by atoms with E-state index >= 15 is 0 Å². The SMILES string of the molecule is C[NH+](C)CCN1C(=O)C(C)(c2ccccc2)c2ccccc21.[Cl-]. The average Bonchev–Trinajstić information content (AvgIpc) is 2.76. The second-order valence-corrected chi connectivity index (χ2v) is 6.42. The molecule has 2 aromatic rings. The third-order valence-corrected chi connectivity index (χ3v) is 4.59. The lowest BCUT2D eigenvalue weighted by Crippen LogP contribution is -3.06. The first-order chi connectivity index (χ1) is 10.5. The maximum atomic E-state index is 13.2. The largest absolute Gasteiger partial charge is 1.00 e. The maximum absolute atomic E-state index is 13.2. The molecular weight excluding hydrogens is 308 g/mol. The van der Waals surface area contributed by atoms with Gasteiger partial charge in [0.2, 0.25) is 5.91 Å². The van der Waals surface area contributed by atoms with Gasteiger partial charge in [0.05, 0.1) is 32.6 Å². The van der Waals surface area contributed by atoms with Crippen LogP contribution in [0.2, 0.25) is 0 Å². The fraction of sp³-hybridized carbons (Fsp3) is 0.316. The molecule has 1 aliphatic rings. The van der Waals surface area contributed by atoms with Crippen molar-refractivity contribution in [3.05, 3.63) is 65.7 Å². The summed E-state index contributed by atoms with van der Waals surface area (Å²) in [7, 11) is 4.23. The highest BCUT2D eigenvalue weighted by Crippen LogP contribution is 2.45. The number of halogens is 1. The first-order valence-corrected chi connectivity index (χ1v) is 7.81. The molecule has 3 nitrogen and oxygen atoms in total. The number of quaternary nitrogens is 1. The van der Waals surface area contributed by atoms with Crippen LogP contribution < -0.4 is 22.2 Å². The van der Waals surface area contributed by atoms with Crippen LogP contribution in [-0.2, 0) is 10.2 Å². The molecule has 4 heteroatoms. The minimum absolute atomic E-state index is 0. The Bertz CT molecular complexity index is 687. The smallest absolute Gasteiger partial charge is 0.242 e. The number of nitrogens with zero attached hydrogens (tertiary/aromatic N) is 1. The monoisotopic (exact) mass is 330 g/mol. The van der Waals surface area contributed by atoms with E-state index in [1.165, 1.54) is 4.90 Å². The maximum Gasteiger partial charge on any atom is 0.242 e. The summed E-state index contributed by atoms with van der Waals surface area (Å²) >= 11 is 0. The lowest BCUT2D eigenvalue weighted by atomic mass is 9.77. The van der Waals surface area contributed by atoms with Gasteiger partial charge in [0, 0.05) is 5.69 Å². The summed E-state index contributed by atoms with van der Waals surface area (Å²) in [6, 6.07) is 18.3. The van der Waals surface area contributed by atoms with Gasteiger partial charge in [-0.05, 0) is 24.1 Å². The molecule has 0 radical (unpaired) electrons. The number of hydrogen-bond donors (Lipinski definition) is 1. The number of carbonyl (C=O) groups is 1. The number of hydrogen-bond acceptors (Lipinski definition) is 1. The first kappa shape index (κ1) is 17.5. The van der Waals surface area contributed by atoms with Gasteiger partial charge in [-0.1, -0.05) is 48.5 Å². The van der Waals surface area contributed by atoms with Gasteiger partial charge in [-0.25, -0.2) is 0 Å². The molecule has 0 fully saturated rings. The molecule has 0 saturated heterocycles. The van der Waals surface area contributed by atoms with Crippen LogP contribution in [-0.4, -0.2) is 33.1 Å². The van der Waals surface area contributed by atoms with Gasteiger partial charge in [0.1, 0.15) is 0 Å². The Balaban J connectivity index is 0.00000192. The Morgan fingerprint density at radius 3 is 2.26 bits per heavy atom. The Kier molecular flexibility index (Phi) is 5.12. The minimum atomic E-state index is -0.584. The number of amides is 1. The molecule has 1 amide bonds. The topological polar surface area (TPSA) is 24.8 Å². The summed E-state index contributed by atoms with van der Waals surface area (Å²) in [5, 5.41) is 0. The summed E-state index contributed by atoms with van der Waals surface area (Å²) < 4.78 is 0. The van der Waals surface area contributed by atoms with E-state index in [-0.39, 0.29) is 18.3 Å². The van der Waals surface area contributed by atoms with Crippen LogP contribution >= 0.6 is 0 Å². The van der Waals surface area contributed by atoms with E-state index in [1.54, 1.807) is 0 Å². The number of fused-ring (bicyclic) bond motifs is 1. The van der Waals surface area contributed by atoms with Crippen LogP contribution in [0.4, 0.5) is 5.69 Å². The van der Waals surface area contributed by atoms with Crippen LogP contribution in [0.15, 0.2) is 54.6 Å². The molecule has 122 valence electrons. The Morgan fingerprint density at radius 1 is 1.00 bits per heavy atom. The molecule has 1 N–H and O–H groups in total. The van der Waals surface area contributed by atoms with Crippen molar-refractivity contribution < 1.29 is 22.1 Å². The fourth-order valence-corrected chi connectivity index (χ4v) is 3.23. The van der Waals surface area contributed by atoms with Crippen molar-refractivity contribution in [3.8, 4) is 0 Å². The number of para-hydroxylation sites is 1. The summed E-state index contributed by atoms with van der Waals surface area (Å²) in [6.07, 6.45) is 0. The van der Waals surface area contributed by atoms with Crippen molar-refractivity contribution in [1.29, 1.82) is 0 Å². The molecular formula is C19H23ClN2O. The number of likely N-dealkylation sites (N-methyl/N-ethyl adjacent to an activating group) is 1. The second kappa shape index (κ2) is 6.73. The second-order valence-electron chi connectivity index (χ2n) is 6.42. The highest BCUT2D eigenvalue weighted by molar-refractivity contribution is 6.10. The Morgan fingerprint density at radius 2 is 1.61 bits per heavy atom. The zero-order chi connectivity index (χ0) is 15.7. The van der Waals surface area contributed by atoms with Crippen molar-refractivity contribution in [2.45, 2.75) is 12.3 Å². The van der Waals surface area contributed by atoms with E-state index in [2.05, 4.69) is 38.4 Å². The van der Waals surface area contributed by atoms with Gasteiger partial charge in [-0.2, -0.15) is 0 Å². The molecule has 2 aromatic carbocycles. The molecule has 23 heavy (non-hydrogen) atoms. The van der Waals surface area contributed by atoms with Gasteiger partial charge in [0.15, 0.2) is 0 Å². The van der Waals surface area contributed by atoms with Gasteiger partial charge in [-0.15, -0.1) is 0 Å². The molecule has 1 aliphatic heterocycles. The van der Waals surface area contributed by atoms with E-state index in [0.717, 1.165) is 29.9 Å². The lowest BCUT2D eigenvalue weighted by Gasteiger charge is -2.25. The van der Waals surface area contributed by atoms with Gasteiger partial charge < -0.3 is 22.2 Å². The zero-order valence-corrected chi connectivity index (χ0v) is 14.6. The van der Waals surface area contributed by atoms with Crippen molar-refractivity contribution >= 4 is 11.6 Å². The molecule has 0 bridgehead atoms. The van der Waals surface area contributed by atoms with Crippen LogP contribution in [0.3, 0.4) is 0 Å². The van der Waals surface area contributed by atoms with Crippen molar-refractivity contribution in [1.82, 2.24) is 0 Å². The predicted octanol–water partition coefficient (Wildman–Crippen LogP) is -1.51. The van der Waals surface area contributed by atoms with E-state index in [1.807, 2.05) is 42.2 Å². The minimum Gasteiger partial charge on any atom is -1.00 e. The van der Waals surface area contributed by atoms with Gasteiger partial charge >= 0.3 is 0 Å². The normalized spacial score (nSPS) is 19.7. The summed E-state index contributed by atoms with van der Waals surface area (Å²) in [6.45, 7) is 3.73. The number of rotatable bonds is 4. The predicted molar refractivity (Wildman–Crippen MR) is 89.4 cm³/mol. The van der Waals surface area contributed by atoms with E-state index in [0.29, 0.717) is 0 Å². The van der Waals surface area contributed by atoms with Crippen molar-refractivity contribution in [2.75, 3.05) is 32.1 Å². The van der Waals surface area contributed by atoms with Crippen molar-refractivity contribution in [3.63, 3.8) is 0 Å². The molecule has 0 aliphatic carbocycles. The molecule has 3 rings (SSSR count). The number of benzene rings is 2. The van der Waals surface area contributed by atoms with Crippen LogP contribution in [0.1, 0.15) is 18.1 Å². The Labute approximate surface area is 144 Å². The number of nitrogens with one attached hydrogen (secondary N) is 1. The van der Waals surface area contributed by atoms with Crippen LogP contribution in [0.5, 0.6) is 0 Å². The van der Waals surface area contributed by atoms with Gasteiger partial charge in [0.25, 0.3) is 0 Å². The van der Waals surface area contributed by atoms with Crippen molar-refractivity contribution in [2.24, 2.45) is 0 Å². The fourth-order valence-electron chi connectivity index (χ4n) is 3.23. The third kappa shape index (κ3) is 2.87. The zero-order valence-electron chi connectivity index (χ0n) is 13.8. The highest BCUT2D eigenvalue weighted by Gasteiger charge is 2.48. The van der Waals surface area contributed by atoms with Crippen LogP contribution in [0, 0.1) is 0 Å². The third-order valence-electron chi connectivity index (χ3n) is 4.59. The highest BCUT2D eigenvalue weighted by atomic mass is 35.5. The standard InChI is InChI=1S/C19H22N2O.ClH/c1-19(15-9-5-4-6-10-15)16-11-7-8-12-17(16)21(18(19)22)14-13-20(2)3;/h4-12H,13-14H2,1-3H3;1H. The van der Waals surface area contributed by atoms with E-state index in [9.17, 15) is 4.79 Å². The number of carbonyl (C=O) groups excluding carboxylic acids is 1. The molecule has 1 unspecified atom stereocenters. The number of anilines is 1. The average molecular weight is 331 g/mol. The summed E-state index contributed by atoms with van der Waals surface area (Å²) in [5.74, 6) is 0.182. The first-order valence-electron chi connectivity index (χ1n) is 7.81. The quantitative estimate of drug-likeness (QED) is 0.724. The Hall–Kier alpha value is -1.84. The van der Waals surface area contributed by atoms with Gasteiger partial charge in [-0.3, -0.25) is 4.79 Å². The molecule has 0 spiro atoms. The van der Waals surface area contributed by atoms with E-state index in [4.69, 9.17) is 0 Å². The molecule has 0 aromatic heterocycles. The molecule has 1 heterocycles. The molecule has 1 atom stereocenters. The molecule has 0 saturated carbocycles. The van der Waals surface area contributed by atoms with E-state index < -0.39 is 5.41 Å². The summed E-state index contributed by atoms with van der Waals surface area (Å²) in [5.41, 5.74) is 2.65. The lowest BCUT2D eigenvalue weighted by molar-refractivity contribution is -0.856.